The van der Waals surface area contributed by atoms with Crippen molar-refractivity contribution < 1.29 is 9.53 Å². The summed E-state index contributed by atoms with van der Waals surface area (Å²) in [5, 5.41) is 2.61. The number of nitrogens with zero attached hydrogens (tertiary/aromatic N) is 1. The minimum absolute atomic E-state index is 0.0188. The average Bonchev–Trinajstić information content (AvgIpc) is 2.51. The zero-order valence-electron chi connectivity index (χ0n) is 12.8. The quantitative estimate of drug-likeness (QED) is 0.794. The van der Waals surface area contributed by atoms with Crippen LogP contribution in [0.15, 0.2) is 29.1 Å². The summed E-state index contributed by atoms with van der Waals surface area (Å²) < 4.78 is 5.63. The van der Waals surface area contributed by atoms with Gasteiger partial charge in [0.15, 0.2) is 0 Å². The van der Waals surface area contributed by atoms with Gasteiger partial charge in [0.05, 0.1) is 12.2 Å². The number of aromatic nitrogens is 2. The fourth-order valence-corrected chi connectivity index (χ4v) is 2.71. The molecule has 0 fully saturated rings. The van der Waals surface area contributed by atoms with Crippen molar-refractivity contribution in [1.29, 1.82) is 0 Å². The van der Waals surface area contributed by atoms with E-state index in [-0.39, 0.29) is 35.6 Å². The number of amides is 1. The summed E-state index contributed by atoms with van der Waals surface area (Å²) in [5.74, 6) is 0.361. The number of carbonyl (C=O) groups excluding carboxylic acids is 1. The van der Waals surface area contributed by atoms with Crippen molar-refractivity contribution in [2.24, 2.45) is 0 Å². The Bertz CT molecular complexity index is 800. The van der Waals surface area contributed by atoms with E-state index >= 15 is 0 Å². The van der Waals surface area contributed by atoms with E-state index in [9.17, 15) is 9.59 Å². The number of rotatable bonds is 4. The zero-order chi connectivity index (χ0) is 16.4. The molecule has 2 aromatic rings. The standard InChI is InChI=1S/C16H18N4O3/c1-2-6-23-10-5-3-4-9(7-10)11-8-12(21)18-14-13(11)15(22)20-16(17)19-14/h3-5,7,11H,2,6,8H2,1H3,(H4,17,18,19,20,21,22). The molecule has 1 aliphatic heterocycles. The summed E-state index contributed by atoms with van der Waals surface area (Å²) in [4.78, 5) is 30.7. The molecule has 0 aliphatic carbocycles. The Labute approximate surface area is 132 Å². The summed E-state index contributed by atoms with van der Waals surface area (Å²) in [6, 6.07) is 7.44. The topological polar surface area (TPSA) is 110 Å². The van der Waals surface area contributed by atoms with Gasteiger partial charge >= 0.3 is 0 Å². The Balaban J connectivity index is 2.04. The highest BCUT2D eigenvalue weighted by Crippen LogP contribution is 2.35. The molecule has 7 heteroatoms. The fourth-order valence-electron chi connectivity index (χ4n) is 2.71. The Kier molecular flexibility index (Phi) is 4.01. The molecule has 7 nitrogen and oxygen atoms in total. The van der Waals surface area contributed by atoms with Crippen LogP contribution >= 0.6 is 0 Å². The number of hydrogen-bond donors (Lipinski definition) is 3. The van der Waals surface area contributed by atoms with E-state index in [2.05, 4.69) is 15.3 Å². The number of hydrogen-bond acceptors (Lipinski definition) is 5. The Morgan fingerprint density at radius 3 is 3.00 bits per heavy atom. The van der Waals surface area contributed by atoms with Crippen LogP contribution < -0.4 is 21.3 Å². The van der Waals surface area contributed by atoms with Crippen LogP contribution in [0.1, 0.15) is 36.8 Å². The van der Waals surface area contributed by atoms with Gasteiger partial charge in [-0.05, 0) is 24.1 Å². The van der Waals surface area contributed by atoms with E-state index in [0.29, 0.717) is 12.2 Å². The molecule has 0 spiro atoms. The maximum atomic E-state index is 12.3. The number of anilines is 2. The predicted molar refractivity (Wildman–Crippen MR) is 86.6 cm³/mol. The second-order valence-corrected chi connectivity index (χ2v) is 5.44. The molecule has 0 radical (unpaired) electrons. The molecule has 0 saturated heterocycles. The van der Waals surface area contributed by atoms with Gasteiger partial charge in [-0.15, -0.1) is 0 Å². The molecule has 120 valence electrons. The van der Waals surface area contributed by atoms with Crippen LogP contribution in [0, 0.1) is 0 Å². The first-order valence-electron chi connectivity index (χ1n) is 7.50. The number of aromatic amines is 1. The third-order valence-electron chi connectivity index (χ3n) is 3.70. The molecule has 1 amide bonds. The van der Waals surface area contributed by atoms with Crippen LogP contribution in [0.2, 0.25) is 0 Å². The maximum Gasteiger partial charge on any atom is 0.258 e. The van der Waals surface area contributed by atoms with E-state index in [0.717, 1.165) is 17.7 Å². The van der Waals surface area contributed by atoms with Crippen LogP contribution in [0.4, 0.5) is 11.8 Å². The van der Waals surface area contributed by atoms with Crippen LogP contribution in [0.25, 0.3) is 0 Å². The largest absolute Gasteiger partial charge is 0.494 e. The minimum atomic E-state index is -0.374. The average molecular weight is 314 g/mol. The number of fused-ring (bicyclic) bond motifs is 1. The molecule has 4 N–H and O–H groups in total. The molecule has 23 heavy (non-hydrogen) atoms. The second kappa shape index (κ2) is 6.12. The summed E-state index contributed by atoms with van der Waals surface area (Å²) in [6.45, 7) is 2.64. The first-order valence-corrected chi connectivity index (χ1v) is 7.50. The van der Waals surface area contributed by atoms with Crippen molar-refractivity contribution >= 4 is 17.7 Å². The van der Waals surface area contributed by atoms with Gasteiger partial charge < -0.3 is 15.8 Å². The molecule has 2 heterocycles. The Morgan fingerprint density at radius 1 is 1.39 bits per heavy atom. The SMILES string of the molecule is CCCOc1cccc(C2CC(=O)Nc3nc(N)[nH]c(=O)c32)c1. The van der Waals surface area contributed by atoms with Gasteiger partial charge in [-0.25, -0.2) is 0 Å². The van der Waals surface area contributed by atoms with Gasteiger partial charge in [0.25, 0.3) is 5.56 Å². The lowest BCUT2D eigenvalue weighted by Gasteiger charge is -2.24. The number of H-pyrrole nitrogens is 1. The lowest BCUT2D eigenvalue weighted by atomic mass is 9.87. The van der Waals surface area contributed by atoms with E-state index < -0.39 is 0 Å². The van der Waals surface area contributed by atoms with E-state index in [1.807, 2.05) is 31.2 Å². The van der Waals surface area contributed by atoms with Gasteiger partial charge in [0.2, 0.25) is 11.9 Å². The molecule has 0 saturated carbocycles. The van der Waals surface area contributed by atoms with E-state index in [1.54, 1.807) is 0 Å². The van der Waals surface area contributed by atoms with Crippen molar-refractivity contribution in [2.45, 2.75) is 25.7 Å². The minimum Gasteiger partial charge on any atom is -0.494 e. The van der Waals surface area contributed by atoms with Crippen molar-refractivity contribution in [1.82, 2.24) is 9.97 Å². The molecule has 1 aliphatic rings. The predicted octanol–water partition coefficient (Wildman–Crippen LogP) is 1.61. The molecule has 1 atom stereocenters. The van der Waals surface area contributed by atoms with Crippen LogP contribution in [0.5, 0.6) is 5.75 Å². The van der Waals surface area contributed by atoms with Gasteiger partial charge in [-0.3, -0.25) is 14.6 Å². The molecular weight excluding hydrogens is 296 g/mol. The smallest absolute Gasteiger partial charge is 0.258 e. The van der Waals surface area contributed by atoms with Gasteiger partial charge in [-0.1, -0.05) is 19.1 Å². The highest BCUT2D eigenvalue weighted by molar-refractivity contribution is 5.94. The summed E-state index contributed by atoms with van der Waals surface area (Å²) >= 11 is 0. The molecule has 1 unspecified atom stereocenters. The lowest BCUT2D eigenvalue weighted by Crippen LogP contribution is -2.31. The monoisotopic (exact) mass is 314 g/mol. The Hall–Kier alpha value is -2.83. The maximum absolute atomic E-state index is 12.3. The normalized spacial score (nSPS) is 16.6. The number of carbonyl (C=O) groups is 1. The van der Waals surface area contributed by atoms with Crippen molar-refractivity contribution in [3.63, 3.8) is 0 Å². The van der Waals surface area contributed by atoms with Crippen molar-refractivity contribution in [3.05, 3.63) is 45.7 Å². The molecule has 1 aromatic carbocycles. The third kappa shape index (κ3) is 3.03. The Morgan fingerprint density at radius 2 is 2.22 bits per heavy atom. The highest BCUT2D eigenvalue weighted by atomic mass is 16.5. The number of nitrogens with one attached hydrogen (secondary N) is 2. The van der Waals surface area contributed by atoms with Crippen molar-refractivity contribution in [3.8, 4) is 5.75 Å². The van der Waals surface area contributed by atoms with Gasteiger partial charge in [-0.2, -0.15) is 4.98 Å². The van der Waals surface area contributed by atoms with Crippen LogP contribution in [-0.4, -0.2) is 22.5 Å². The van der Waals surface area contributed by atoms with Crippen LogP contribution in [-0.2, 0) is 4.79 Å². The number of nitrogens with two attached hydrogens (primary N) is 1. The number of benzene rings is 1. The molecule has 1 aromatic heterocycles. The highest BCUT2D eigenvalue weighted by Gasteiger charge is 2.30. The second-order valence-electron chi connectivity index (χ2n) is 5.44. The first kappa shape index (κ1) is 15.1. The fraction of sp³-hybridized carbons (Fsp3) is 0.312. The summed E-state index contributed by atoms with van der Waals surface area (Å²) in [7, 11) is 0. The number of ether oxygens (including phenoxy) is 1. The molecular formula is C16H18N4O3. The first-order chi connectivity index (χ1) is 11.1. The van der Waals surface area contributed by atoms with Gasteiger partial charge in [0.1, 0.15) is 11.6 Å². The van der Waals surface area contributed by atoms with Crippen molar-refractivity contribution in [2.75, 3.05) is 17.7 Å². The third-order valence-corrected chi connectivity index (χ3v) is 3.70. The van der Waals surface area contributed by atoms with Crippen LogP contribution in [0.3, 0.4) is 0 Å². The summed E-state index contributed by atoms with van der Waals surface area (Å²) in [5.41, 5.74) is 6.48. The molecule has 0 bridgehead atoms. The van der Waals surface area contributed by atoms with Gasteiger partial charge in [0, 0.05) is 12.3 Å². The summed E-state index contributed by atoms with van der Waals surface area (Å²) in [6.07, 6.45) is 1.08. The number of nitrogen functional groups attached to an aromatic ring is 1. The lowest BCUT2D eigenvalue weighted by molar-refractivity contribution is -0.116. The molecule has 3 rings (SSSR count). The zero-order valence-corrected chi connectivity index (χ0v) is 12.8. The van der Waals surface area contributed by atoms with E-state index in [4.69, 9.17) is 10.5 Å². The van der Waals surface area contributed by atoms with E-state index in [1.165, 1.54) is 0 Å².